The number of nitrogens with one attached hydrogen (secondary N) is 2. The number of carbonyl (C=O) groups excluding carboxylic acids is 1. The highest BCUT2D eigenvalue weighted by atomic mass is 16.5. The van der Waals surface area contributed by atoms with E-state index in [2.05, 4.69) is 50.4 Å². The van der Waals surface area contributed by atoms with E-state index in [1.54, 1.807) is 26.6 Å². The first kappa shape index (κ1) is 22.8. The number of pyridine rings is 1. The van der Waals surface area contributed by atoms with Gasteiger partial charge in [-0.3, -0.25) is 4.79 Å². The summed E-state index contributed by atoms with van der Waals surface area (Å²) >= 11 is 0. The second-order valence-electron chi connectivity index (χ2n) is 8.66. The van der Waals surface area contributed by atoms with Gasteiger partial charge < -0.3 is 24.7 Å². The highest BCUT2D eigenvalue weighted by Crippen LogP contribution is 2.29. The Labute approximate surface area is 203 Å². The number of rotatable bonds is 8. The van der Waals surface area contributed by atoms with Crippen molar-refractivity contribution in [3.8, 4) is 17.0 Å². The van der Waals surface area contributed by atoms with Crippen LogP contribution in [0.4, 0.5) is 5.82 Å². The Morgan fingerprint density at radius 2 is 2.06 bits per heavy atom. The number of methoxy groups -OCH3 is 1. The first-order valence-electron chi connectivity index (χ1n) is 11.6. The molecule has 0 aliphatic carbocycles. The molecule has 9 nitrogen and oxygen atoms in total. The van der Waals surface area contributed by atoms with Crippen molar-refractivity contribution in [1.82, 2.24) is 24.8 Å². The summed E-state index contributed by atoms with van der Waals surface area (Å²) in [5, 5.41) is 7.11. The zero-order valence-corrected chi connectivity index (χ0v) is 20.0. The predicted molar refractivity (Wildman–Crippen MR) is 134 cm³/mol. The molecule has 3 aromatic heterocycles. The number of nitrogens with zero attached hydrogens (tertiary/aromatic N) is 4. The van der Waals surface area contributed by atoms with Gasteiger partial charge in [-0.2, -0.15) is 0 Å². The SMILES string of the molecule is CNC(=O)c1ccc([C@H](C)CNc2cc(-c3cnc4c(ccn4C4COC4)c3)ncn2)c(OC)c1. The fraction of sp³-hybridized carbons (Fsp3) is 0.308. The summed E-state index contributed by atoms with van der Waals surface area (Å²) in [5.41, 5.74) is 4.27. The van der Waals surface area contributed by atoms with Crippen molar-refractivity contribution in [3.63, 3.8) is 0 Å². The Morgan fingerprint density at radius 3 is 2.80 bits per heavy atom. The molecule has 35 heavy (non-hydrogen) atoms. The summed E-state index contributed by atoms with van der Waals surface area (Å²) in [7, 11) is 3.22. The van der Waals surface area contributed by atoms with Gasteiger partial charge in [0.15, 0.2) is 0 Å². The van der Waals surface area contributed by atoms with Crippen molar-refractivity contribution in [2.24, 2.45) is 0 Å². The second-order valence-corrected chi connectivity index (χ2v) is 8.66. The number of hydrogen-bond donors (Lipinski definition) is 2. The maximum atomic E-state index is 11.9. The van der Waals surface area contributed by atoms with Crippen LogP contribution in [-0.4, -0.2) is 59.3 Å². The molecule has 1 aliphatic heterocycles. The lowest BCUT2D eigenvalue weighted by Crippen LogP contribution is -2.30. The van der Waals surface area contributed by atoms with E-state index < -0.39 is 0 Å². The molecule has 1 atom stereocenters. The van der Waals surface area contributed by atoms with Crippen LogP contribution in [0.25, 0.3) is 22.3 Å². The van der Waals surface area contributed by atoms with Crippen molar-refractivity contribution >= 4 is 22.8 Å². The lowest BCUT2D eigenvalue weighted by atomic mass is 9.98. The van der Waals surface area contributed by atoms with E-state index in [9.17, 15) is 4.79 Å². The van der Waals surface area contributed by atoms with E-state index in [0.717, 1.165) is 46.9 Å². The Morgan fingerprint density at radius 1 is 1.20 bits per heavy atom. The van der Waals surface area contributed by atoms with E-state index in [-0.39, 0.29) is 11.8 Å². The van der Waals surface area contributed by atoms with Gasteiger partial charge in [0, 0.05) is 54.5 Å². The second kappa shape index (κ2) is 9.71. The van der Waals surface area contributed by atoms with Gasteiger partial charge in [0.1, 0.15) is 23.5 Å². The molecular weight excluding hydrogens is 444 g/mol. The Balaban J connectivity index is 1.30. The molecule has 0 spiro atoms. The highest BCUT2D eigenvalue weighted by Gasteiger charge is 2.22. The molecule has 1 saturated heterocycles. The molecule has 9 heteroatoms. The minimum atomic E-state index is -0.143. The van der Waals surface area contributed by atoms with Crippen LogP contribution >= 0.6 is 0 Å². The van der Waals surface area contributed by atoms with Gasteiger partial charge in [-0.15, -0.1) is 0 Å². The Hall–Kier alpha value is -3.98. The van der Waals surface area contributed by atoms with Crippen molar-refractivity contribution < 1.29 is 14.3 Å². The summed E-state index contributed by atoms with van der Waals surface area (Å²) in [4.78, 5) is 25.5. The molecule has 2 N–H and O–H groups in total. The van der Waals surface area contributed by atoms with Crippen LogP contribution in [-0.2, 0) is 4.74 Å². The minimum absolute atomic E-state index is 0.121. The van der Waals surface area contributed by atoms with E-state index in [4.69, 9.17) is 14.5 Å². The van der Waals surface area contributed by atoms with Crippen molar-refractivity contribution in [1.29, 1.82) is 0 Å². The average Bonchev–Trinajstić information content (AvgIpc) is 3.28. The lowest BCUT2D eigenvalue weighted by Gasteiger charge is -2.27. The zero-order chi connectivity index (χ0) is 24.4. The third kappa shape index (κ3) is 4.54. The maximum Gasteiger partial charge on any atom is 0.251 e. The first-order valence-corrected chi connectivity index (χ1v) is 11.6. The highest BCUT2D eigenvalue weighted by molar-refractivity contribution is 5.94. The van der Waals surface area contributed by atoms with Crippen LogP contribution < -0.4 is 15.4 Å². The maximum absolute atomic E-state index is 11.9. The van der Waals surface area contributed by atoms with Crippen LogP contribution in [0.1, 0.15) is 34.8 Å². The monoisotopic (exact) mass is 472 g/mol. The average molecular weight is 473 g/mol. The number of aromatic nitrogens is 4. The minimum Gasteiger partial charge on any atom is -0.496 e. The summed E-state index contributed by atoms with van der Waals surface area (Å²) in [5.74, 6) is 1.39. The van der Waals surface area contributed by atoms with E-state index >= 15 is 0 Å². The van der Waals surface area contributed by atoms with Crippen LogP contribution in [0, 0.1) is 0 Å². The molecule has 4 heterocycles. The number of benzene rings is 1. The number of carbonyl (C=O) groups is 1. The molecule has 0 bridgehead atoms. The van der Waals surface area contributed by atoms with Crippen molar-refractivity contribution in [2.45, 2.75) is 18.9 Å². The standard InChI is InChI=1S/C26H28N6O3/c1-16(21-5-4-18(26(33)27-2)9-23(21)34-3)11-28-24-10-22(30-15-31-24)19-8-17-6-7-32(20-13-35-14-20)25(17)29-12-19/h4-10,12,15-16,20H,11,13-14H2,1-3H3,(H,27,33)(H,28,30,31)/t16-/m1/s1. The fourth-order valence-corrected chi connectivity index (χ4v) is 4.25. The largest absolute Gasteiger partial charge is 0.496 e. The number of hydrogen-bond acceptors (Lipinski definition) is 7. The van der Waals surface area contributed by atoms with Gasteiger partial charge in [-0.1, -0.05) is 13.0 Å². The quantitative estimate of drug-likeness (QED) is 0.403. The summed E-state index contributed by atoms with van der Waals surface area (Å²) < 4.78 is 13.0. The molecule has 1 amide bonds. The van der Waals surface area contributed by atoms with Gasteiger partial charge in [-0.05, 0) is 29.8 Å². The van der Waals surface area contributed by atoms with Crippen molar-refractivity contribution in [3.05, 3.63) is 66.2 Å². The molecule has 4 aromatic rings. The van der Waals surface area contributed by atoms with E-state index in [1.165, 1.54) is 0 Å². The third-order valence-electron chi connectivity index (χ3n) is 6.37. The third-order valence-corrected chi connectivity index (χ3v) is 6.37. The molecule has 1 fully saturated rings. The molecule has 0 saturated carbocycles. The van der Waals surface area contributed by atoms with Crippen LogP contribution in [0.5, 0.6) is 5.75 Å². The molecule has 180 valence electrons. The van der Waals surface area contributed by atoms with Gasteiger partial charge in [-0.25, -0.2) is 15.0 Å². The van der Waals surface area contributed by atoms with E-state index in [1.807, 2.05) is 24.4 Å². The molecule has 0 unspecified atom stereocenters. The van der Waals surface area contributed by atoms with Crippen LogP contribution in [0.3, 0.4) is 0 Å². The van der Waals surface area contributed by atoms with E-state index in [0.29, 0.717) is 23.9 Å². The predicted octanol–water partition coefficient (Wildman–Crippen LogP) is 3.65. The molecule has 5 rings (SSSR count). The van der Waals surface area contributed by atoms with Crippen molar-refractivity contribution in [2.75, 3.05) is 39.2 Å². The molecule has 1 aliphatic rings. The molecule has 0 radical (unpaired) electrons. The molecular formula is C26H28N6O3. The number of anilines is 1. The van der Waals surface area contributed by atoms with Gasteiger partial charge >= 0.3 is 0 Å². The normalized spacial score (nSPS) is 14.4. The van der Waals surface area contributed by atoms with Crippen LogP contribution in [0.15, 0.2) is 55.1 Å². The number of fused-ring (bicyclic) bond motifs is 1. The summed E-state index contributed by atoms with van der Waals surface area (Å²) in [6.45, 7) is 4.20. The lowest BCUT2D eigenvalue weighted by molar-refractivity contribution is -0.0216. The Kier molecular flexibility index (Phi) is 6.33. The number of ether oxygens (including phenoxy) is 2. The van der Waals surface area contributed by atoms with Gasteiger partial charge in [0.25, 0.3) is 5.91 Å². The Bertz CT molecular complexity index is 1360. The van der Waals surface area contributed by atoms with Crippen LogP contribution in [0.2, 0.25) is 0 Å². The first-order chi connectivity index (χ1) is 17.1. The van der Waals surface area contributed by atoms with Gasteiger partial charge in [0.2, 0.25) is 0 Å². The van der Waals surface area contributed by atoms with Gasteiger partial charge in [0.05, 0.1) is 32.1 Å². The summed E-state index contributed by atoms with van der Waals surface area (Å²) in [6.07, 6.45) is 5.48. The topological polar surface area (TPSA) is 103 Å². The smallest absolute Gasteiger partial charge is 0.251 e. The number of amides is 1. The summed E-state index contributed by atoms with van der Waals surface area (Å²) in [6, 6.07) is 12.0. The molecule has 1 aromatic carbocycles. The fourth-order valence-electron chi connectivity index (χ4n) is 4.25. The zero-order valence-electron chi connectivity index (χ0n) is 20.0.